The zero-order valence-electron chi connectivity index (χ0n) is 18.9. The van der Waals surface area contributed by atoms with Gasteiger partial charge in [-0.05, 0) is 48.4 Å². The first kappa shape index (κ1) is 22.8. The van der Waals surface area contributed by atoms with Gasteiger partial charge in [0.1, 0.15) is 10.8 Å². The number of hydrogen-bond acceptors (Lipinski definition) is 6. The number of nitrogens with one attached hydrogen (secondary N) is 1. The summed E-state index contributed by atoms with van der Waals surface area (Å²) in [6.07, 6.45) is 2.86. The van der Waals surface area contributed by atoms with Crippen LogP contribution in [0.1, 0.15) is 39.7 Å². The van der Waals surface area contributed by atoms with Gasteiger partial charge in [0.2, 0.25) is 5.91 Å². The Balaban J connectivity index is 1.31. The highest BCUT2D eigenvalue weighted by molar-refractivity contribution is 7.17. The first-order valence-electron chi connectivity index (χ1n) is 11.2. The van der Waals surface area contributed by atoms with Crippen LogP contribution in [0.3, 0.4) is 0 Å². The number of ether oxygens (including phenoxy) is 1. The number of primary amides is 1. The topological polar surface area (TPSA) is 87.9 Å². The van der Waals surface area contributed by atoms with E-state index < -0.39 is 5.91 Å². The van der Waals surface area contributed by atoms with Crippen LogP contribution in [0.2, 0.25) is 0 Å². The van der Waals surface area contributed by atoms with Crippen LogP contribution in [-0.4, -0.2) is 61.4 Å². The lowest BCUT2D eigenvalue weighted by Gasteiger charge is -2.34. The van der Waals surface area contributed by atoms with E-state index in [4.69, 9.17) is 10.5 Å². The summed E-state index contributed by atoms with van der Waals surface area (Å²) in [4.78, 5) is 30.6. The molecule has 1 aromatic heterocycles. The smallest absolute Gasteiger partial charge is 0.251 e. The Morgan fingerprint density at radius 3 is 2.69 bits per heavy atom. The summed E-state index contributed by atoms with van der Waals surface area (Å²) in [5.41, 5.74) is 8.46. The summed E-state index contributed by atoms with van der Waals surface area (Å²) in [5.74, 6) is 0.940. The number of anilines is 1. The molecule has 2 amide bonds. The molecule has 2 aromatic rings. The number of nitrogens with two attached hydrogens (primary N) is 1. The SMILES string of the molecule is COc1cccc(CN2CCN(CC(=O)Nc3sc4c(c3C(N)=O)CC[C@H](C)C4)CC2)c1. The van der Waals surface area contributed by atoms with E-state index in [1.807, 2.05) is 12.1 Å². The molecule has 8 heteroatoms. The number of rotatable bonds is 7. The van der Waals surface area contributed by atoms with Gasteiger partial charge in [0, 0.05) is 37.6 Å². The lowest BCUT2D eigenvalue weighted by Crippen LogP contribution is -2.48. The molecule has 4 rings (SSSR count). The average molecular weight is 457 g/mol. The van der Waals surface area contributed by atoms with Crippen LogP contribution < -0.4 is 15.8 Å². The van der Waals surface area contributed by atoms with Gasteiger partial charge in [0.05, 0.1) is 19.2 Å². The maximum absolute atomic E-state index is 12.8. The lowest BCUT2D eigenvalue weighted by atomic mass is 9.88. The van der Waals surface area contributed by atoms with E-state index in [0.29, 0.717) is 23.0 Å². The molecule has 1 saturated heterocycles. The normalized spacial score (nSPS) is 19.4. The molecule has 0 saturated carbocycles. The summed E-state index contributed by atoms with van der Waals surface area (Å²) < 4.78 is 5.31. The molecule has 1 aliphatic carbocycles. The van der Waals surface area contributed by atoms with Crippen LogP contribution in [0, 0.1) is 5.92 Å². The molecule has 0 unspecified atom stereocenters. The third-order valence-corrected chi connectivity index (χ3v) is 7.55. The van der Waals surface area contributed by atoms with Gasteiger partial charge in [0.25, 0.3) is 5.91 Å². The van der Waals surface area contributed by atoms with Gasteiger partial charge in [0.15, 0.2) is 0 Å². The fourth-order valence-electron chi connectivity index (χ4n) is 4.60. The monoisotopic (exact) mass is 456 g/mol. The Bertz CT molecular complexity index is 982. The molecular formula is C24H32N4O3S. The van der Waals surface area contributed by atoms with Crippen LogP contribution in [-0.2, 0) is 24.2 Å². The van der Waals surface area contributed by atoms with Gasteiger partial charge in [-0.2, -0.15) is 0 Å². The Morgan fingerprint density at radius 1 is 1.22 bits per heavy atom. The fraction of sp³-hybridized carbons (Fsp3) is 0.500. The minimum atomic E-state index is -0.446. The van der Waals surface area contributed by atoms with E-state index >= 15 is 0 Å². The van der Waals surface area contributed by atoms with E-state index in [1.54, 1.807) is 7.11 Å². The highest BCUT2D eigenvalue weighted by Crippen LogP contribution is 2.39. The number of benzene rings is 1. The molecule has 1 aromatic carbocycles. The molecule has 2 heterocycles. The van der Waals surface area contributed by atoms with E-state index in [0.717, 1.165) is 63.3 Å². The van der Waals surface area contributed by atoms with Crippen LogP contribution >= 0.6 is 11.3 Å². The van der Waals surface area contributed by atoms with E-state index in [-0.39, 0.29) is 5.91 Å². The van der Waals surface area contributed by atoms with Crippen LogP contribution in [0.5, 0.6) is 5.75 Å². The summed E-state index contributed by atoms with van der Waals surface area (Å²) in [7, 11) is 1.68. The van der Waals surface area contributed by atoms with E-state index in [9.17, 15) is 9.59 Å². The molecule has 0 spiro atoms. The predicted octanol–water partition coefficient (Wildman–Crippen LogP) is 2.74. The Kier molecular flexibility index (Phi) is 7.13. The Hall–Kier alpha value is -2.42. The summed E-state index contributed by atoms with van der Waals surface area (Å²) in [6, 6.07) is 8.14. The van der Waals surface area contributed by atoms with E-state index in [2.05, 4.69) is 34.2 Å². The predicted molar refractivity (Wildman–Crippen MR) is 127 cm³/mol. The standard InChI is InChI=1S/C24H32N4O3S/c1-16-6-7-19-20(12-16)32-24(22(19)23(25)30)26-21(29)15-28-10-8-27(9-11-28)14-17-4-3-5-18(13-17)31-2/h3-5,13,16H,6-12,14-15H2,1-2H3,(H2,25,30)(H,26,29)/t16-/m0/s1. The largest absolute Gasteiger partial charge is 0.497 e. The summed E-state index contributed by atoms with van der Waals surface area (Å²) in [6.45, 7) is 6.89. The molecule has 1 aliphatic heterocycles. The maximum Gasteiger partial charge on any atom is 0.251 e. The van der Waals surface area contributed by atoms with Crippen molar-refractivity contribution in [3.8, 4) is 5.75 Å². The number of fused-ring (bicyclic) bond motifs is 1. The first-order valence-corrected chi connectivity index (χ1v) is 12.1. The molecule has 0 bridgehead atoms. The number of piperazine rings is 1. The highest BCUT2D eigenvalue weighted by atomic mass is 32.1. The molecule has 172 valence electrons. The number of nitrogens with zero attached hydrogens (tertiary/aromatic N) is 2. The van der Waals surface area contributed by atoms with Gasteiger partial charge in [-0.3, -0.25) is 19.4 Å². The van der Waals surface area contributed by atoms with Gasteiger partial charge in [-0.25, -0.2) is 0 Å². The molecule has 1 fully saturated rings. The zero-order valence-corrected chi connectivity index (χ0v) is 19.7. The molecule has 0 radical (unpaired) electrons. The van der Waals surface area contributed by atoms with Crippen molar-refractivity contribution in [2.75, 3.05) is 45.2 Å². The van der Waals surface area contributed by atoms with Crippen molar-refractivity contribution >= 4 is 28.2 Å². The molecule has 7 nitrogen and oxygen atoms in total. The number of amides is 2. The average Bonchev–Trinajstić information content (AvgIpc) is 3.12. The quantitative estimate of drug-likeness (QED) is 0.669. The van der Waals surface area contributed by atoms with Crippen molar-refractivity contribution in [1.29, 1.82) is 0 Å². The second kappa shape index (κ2) is 10.0. The van der Waals surface area contributed by atoms with E-state index in [1.165, 1.54) is 21.8 Å². The summed E-state index contributed by atoms with van der Waals surface area (Å²) in [5, 5.41) is 3.61. The number of methoxy groups -OCH3 is 1. The van der Waals surface area contributed by atoms with Crippen molar-refractivity contribution in [3.63, 3.8) is 0 Å². The molecule has 1 atom stereocenters. The van der Waals surface area contributed by atoms with Crippen LogP contribution in [0.15, 0.2) is 24.3 Å². The van der Waals surface area contributed by atoms with Crippen molar-refractivity contribution in [2.24, 2.45) is 11.7 Å². The Labute approximate surface area is 193 Å². The number of carbonyl (C=O) groups is 2. The second-order valence-corrected chi connectivity index (χ2v) is 9.98. The Morgan fingerprint density at radius 2 is 1.97 bits per heavy atom. The van der Waals surface area contributed by atoms with Gasteiger partial charge < -0.3 is 15.8 Å². The van der Waals surface area contributed by atoms with Gasteiger partial charge in [-0.1, -0.05) is 19.1 Å². The van der Waals surface area contributed by atoms with Crippen molar-refractivity contribution in [2.45, 2.75) is 32.7 Å². The summed E-state index contributed by atoms with van der Waals surface area (Å²) >= 11 is 1.52. The highest BCUT2D eigenvalue weighted by Gasteiger charge is 2.28. The van der Waals surface area contributed by atoms with Gasteiger partial charge >= 0.3 is 0 Å². The van der Waals surface area contributed by atoms with Crippen molar-refractivity contribution in [1.82, 2.24) is 9.80 Å². The third-order valence-electron chi connectivity index (χ3n) is 6.38. The minimum Gasteiger partial charge on any atom is -0.497 e. The van der Waals surface area contributed by atoms with Gasteiger partial charge in [-0.15, -0.1) is 11.3 Å². The number of thiophene rings is 1. The number of hydrogen-bond donors (Lipinski definition) is 2. The van der Waals surface area contributed by atoms with Crippen molar-refractivity contribution in [3.05, 3.63) is 45.8 Å². The third kappa shape index (κ3) is 5.31. The molecule has 3 N–H and O–H groups in total. The first-order chi connectivity index (χ1) is 15.4. The number of carbonyl (C=O) groups excluding carboxylic acids is 2. The minimum absolute atomic E-state index is 0.0830. The van der Waals surface area contributed by atoms with Crippen molar-refractivity contribution < 1.29 is 14.3 Å². The molecule has 32 heavy (non-hydrogen) atoms. The van der Waals surface area contributed by atoms with Crippen LogP contribution in [0.4, 0.5) is 5.00 Å². The zero-order chi connectivity index (χ0) is 22.7. The fourth-order valence-corrected chi connectivity index (χ4v) is 6.04. The molecule has 2 aliphatic rings. The van der Waals surface area contributed by atoms with Crippen LogP contribution in [0.25, 0.3) is 0 Å². The molecular weight excluding hydrogens is 424 g/mol. The lowest BCUT2D eigenvalue weighted by molar-refractivity contribution is -0.117. The second-order valence-electron chi connectivity index (χ2n) is 8.87. The maximum atomic E-state index is 12.8.